The smallest absolute Gasteiger partial charge is 0.319 e. The van der Waals surface area contributed by atoms with Crippen molar-refractivity contribution in [3.63, 3.8) is 0 Å². The highest BCUT2D eigenvalue weighted by Gasteiger charge is 2.49. The molecular weight excluding hydrogens is 380 g/mol. The van der Waals surface area contributed by atoms with E-state index in [4.69, 9.17) is 0 Å². The average molecular weight is 400 g/mol. The van der Waals surface area contributed by atoms with Gasteiger partial charge < -0.3 is 10.6 Å². The van der Waals surface area contributed by atoms with Crippen molar-refractivity contribution in [3.05, 3.63) is 51.7 Å². The first-order valence-corrected chi connectivity index (χ1v) is 9.50. The standard InChI is InChI=1S/C19H20N4O4S/c1-11-5-4-6-14(12(11)2)20-17(26)21-15(24)9-23-16(25)19(3,22-18(23)27)13-7-8-28-10-13/h4-8,10H,9H2,1-3H3,(H,22,27)(H2,20,21,24,26). The molecule has 8 nitrogen and oxygen atoms in total. The predicted molar refractivity (Wildman–Crippen MR) is 105 cm³/mol. The molecule has 1 unspecified atom stereocenters. The summed E-state index contributed by atoms with van der Waals surface area (Å²) in [6, 6.07) is 5.75. The molecule has 1 fully saturated rings. The minimum absolute atomic E-state index is 0.541. The highest BCUT2D eigenvalue weighted by molar-refractivity contribution is 7.08. The van der Waals surface area contributed by atoms with E-state index in [0.29, 0.717) is 11.3 Å². The fourth-order valence-electron chi connectivity index (χ4n) is 2.94. The van der Waals surface area contributed by atoms with Gasteiger partial charge in [0, 0.05) is 5.69 Å². The Balaban J connectivity index is 1.63. The number of carbonyl (C=O) groups excluding carboxylic acids is 4. The Morgan fingerprint density at radius 3 is 2.64 bits per heavy atom. The largest absolute Gasteiger partial charge is 0.325 e. The molecule has 28 heavy (non-hydrogen) atoms. The van der Waals surface area contributed by atoms with Gasteiger partial charge in [-0.05, 0) is 60.4 Å². The number of amides is 6. The number of nitrogens with one attached hydrogen (secondary N) is 3. The summed E-state index contributed by atoms with van der Waals surface area (Å²) >= 11 is 1.40. The van der Waals surface area contributed by atoms with E-state index in [1.54, 1.807) is 35.9 Å². The first-order valence-electron chi connectivity index (χ1n) is 8.56. The van der Waals surface area contributed by atoms with E-state index in [1.807, 2.05) is 19.9 Å². The topological polar surface area (TPSA) is 108 Å². The number of hydrogen-bond donors (Lipinski definition) is 3. The third-order valence-corrected chi connectivity index (χ3v) is 5.46. The second-order valence-electron chi connectivity index (χ2n) is 6.71. The minimum Gasteiger partial charge on any atom is -0.319 e. The lowest BCUT2D eigenvalue weighted by molar-refractivity contribution is -0.134. The van der Waals surface area contributed by atoms with Gasteiger partial charge in [-0.1, -0.05) is 12.1 Å². The monoisotopic (exact) mass is 400 g/mol. The van der Waals surface area contributed by atoms with Gasteiger partial charge in [-0.3, -0.25) is 19.8 Å². The molecule has 9 heteroatoms. The number of urea groups is 2. The molecule has 1 aliphatic rings. The normalized spacial score (nSPS) is 18.8. The van der Waals surface area contributed by atoms with Gasteiger partial charge in [0.1, 0.15) is 12.1 Å². The SMILES string of the molecule is Cc1cccc(NC(=O)NC(=O)CN2C(=O)NC(C)(c3ccsc3)C2=O)c1C. The van der Waals surface area contributed by atoms with Gasteiger partial charge in [0.2, 0.25) is 5.91 Å². The van der Waals surface area contributed by atoms with Crippen LogP contribution in [-0.2, 0) is 15.1 Å². The fourth-order valence-corrected chi connectivity index (χ4v) is 3.70. The van der Waals surface area contributed by atoms with Crippen LogP contribution in [0, 0.1) is 13.8 Å². The average Bonchev–Trinajstić information content (AvgIpc) is 3.24. The van der Waals surface area contributed by atoms with Crippen molar-refractivity contribution in [2.75, 3.05) is 11.9 Å². The molecule has 0 saturated carbocycles. The van der Waals surface area contributed by atoms with E-state index in [1.165, 1.54) is 11.3 Å². The molecule has 3 N–H and O–H groups in total. The zero-order chi connectivity index (χ0) is 20.5. The predicted octanol–water partition coefficient (Wildman–Crippen LogP) is 2.48. The molecule has 6 amide bonds. The van der Waals surface area contributed by atoms with Crippen molar-refractivity contribution in [2.24, 2.45) is 0 Å². The van der Waals surface area contributed by atoms with Gasteiger partial charge in [0.25, 0.3) is 5.91 Å². The Hall–Kier alpha value is -3.20. The number of thiophene rings is 1. The molecule has 2 aromatic rings. The molecule has 1 saturated heterocycles. The number of rotatable bonds is 4. The van der Waals surface area contributed by atoms with Gasteiger partial charge in [-0.15, -0.1) is 0 Å². The summed E-state index contributed by atoms with van der Waals surface area (Å²) in [5.41, 5.74) is 1.87. The highest BCUT2D eigenvalue weighted by atomic mass is 32.1. The minimum atomic E-state index is -1.22. The summed E-state index contributed by atoms with van der Waals surface area (Å²) in [6.07, 6.45) is 0. The number of aryl methyl sites for hydroxylation is 1. The molecule has 0 radical (unpaired) electrons. The van der Waals surface area contributed by atoms with Crippen molar-refractivity contribution >= 4 is 40.9 Å². The van der Waals surface area contributed by atoms with Crippen LogP contribution < -0.4 is 16.0 Å². The summed E-state index contributed by atoms with van der Waals surface area (Å²) in [7, 11) is 0. The Bertz CT molecular complexity index is 957. The Kier molecular flexibility index (Phi) is 5.19. The number of nitrogens with zero attached hydrogens (tertiary/aromatic N) is 1. The van der Waals surface area contributed by atoms with Gasteiger partial charge in [-0.2, -0.15) is 11.3 Å². The van der Waals surface area contributed by atoms with Crippen molar-refractivity contribution in [1.29, 1.82) is 0 Å². The van der Waals surface area contributed by atoms with Crippen LogP contribution >= 0.6 is 11.3 Å². The van der Waals surface area contributed by atoms with Crippen LogP contribution in [0.25, 0.3) is 0 Å². The third-order valence-electron chi connectivity index (χ3n) is 4.78. The summed E-state index contributed by atoms with van der Waals surface area (Å²) in [5.74, 6) is -1.30. The van der Waals surface area contributed by atoms with Gasteiger partial charge in [0.15, 0.2) is 0 Å². The molecule has 146 valence electrons. The van der Waals surface area contributed by atoms with E-state index < -0.39 is 36.0 Å². The quantitative estimate of drug-likeness (QED) is 0.685. The number of carbonyl (C=O) groups is 4. The van der Waals surface area contributed by atoms with E-state index in [0.717, 1.165) is 16.0 Å². The lowest BCUT2D eigenvalue weighted by Crippen LogP contribution is -2.45. The summed E-state index contributed by atoms with van der Waals surface area (Å²) in [4.78, 5) is 50.0. The molecule has 3 rings (SSSR count). The Morgan fingerprint density at radius 2 is 1.96 bits per heavy atom. The lowest BCUT2D eigenvalue weighted by atomic mass is 9.95. The van der Waals surface area contributed by atoms with Gasteiger partial charge in [-0.25, -0.2) is 9.59 Å². The molecule has 1 aliphatic heterocycles. The maximum Gasteiger partial charge on any atom is 0.325 e. The third kappa shape index (κ3) is 3.61. The Labute approximate surface area is 165 Å². The number of benzene rings is 1. The maximum absolute atomic E-state index is 12.7. The Morgan fingerprint density at radius 1 is 1.21 bits per heavy atom. The van der Waals surface area contributed by atoms with Crippen LogP contribution in [-0.4, -0.2) is 35.3 Å². The van der Waals surface area contributed by atoms with Crippen LogP contribution in [0.15, 0.2) is 35.0 Å². The zero-order valence-corrected chi connectivity index (χ0v) is 16.5. The number of anilines is 1. The molecule has 0 spiro atoms. The van der Waals surface area contributed by atoms with Gasteiger partial charge >= 0.3 is 12.1 Å². The van der Waals surface area contributed by atoms with E-state index in [-0.39, 0.29) is 0 Å². The van der Waals surface area contributed by atoms with Crippen LogP contribution in [0.4, 0.5) is 15.3 Å². The second-order valence-corrected chi connectivity index (χ2v) is 7.49. The van der Waals surface area contributed by atoms with Crippen LogP contribution in [0.2, 0.25) is 0 Å². The van der Waals surface area contributed by atoms with Crippen molar-refractivity contribution in [1.82, 2.24) is 15.5 Å². The van der Waals surface area contributed by atoms with Crippen molar-refractivity contribution in [3.8, 4) is 0 Å². The summed E-state index contributed by atoms with van der Waals surface area (Å²) < 4.78 is 0. The van der Waals surface area contributed by atoms with Crippen LogP contribution in [0.1, 0.15) is 23.6 Å². The molecular formula is C19H20N4O4S. The fraction of sp³-hybridized carbons (Fsp3) is 0.263. The van der Waals surface area contributed by atoms with Crippen molar-refractivity contribution in [2.45, 2.75) is 26.3 Å². The van der Waals surface area contributed by atoms with Crippen molar-refractivity contribution < 1.29 is 19.2 Å². The van der Waals surface area contributed by atoms with Crippen LogP contribution in [0.3, 0.4) is 0 Å². The molecule has 1 atom stereocenters. The second kappa shape index (κ2) is 7.43. The lowest BCUT2D eigenvalue weighted by Gasteiger charge is -2.20. The molecule has 2 heterocycles. The highest BCUT2D eigenvalue weighted by Crippen LogP contribution is 2.30. The summed E-state index contributed by atoms with van der Waals surface area (Å²) in [5, 5.41) is 10.9. The van der Waals surface area contributed by atoms with Crippen LogP contribution in [0.5, 0.6) is 0 Å². The first-order chi connectivity index (χ1) is 13.2. The van der Waals surface area contributed by atoms with Gasteiger partial charge in [0.05, 0.1) is 0 Å². The zero-order valence-electron chi connectivity index (χ0n) is 15.7. The molecule has 1 aromatic carbocycles. The van der Waals surface area contributed by atoms with E-state index in [2.05, 4.69) is 16.0 Å². The number of imide groups is 2. The summed E-state index contributed by atoms with van der Waals surface area (Å²) in [6.45, 7) is 4.79. The van der Waals surface area contributed by atoms with E-state index >= 15 is 0 Å². The number of hydrogen-bond acceptors (Lipinski definition) is 5. The molecule has 0 aliphatic carbocycles. The maximum atomic E-state index is 12.7. The molecule has 1 aromatic heterocycles. The van der Waals surface area contributed by atoms with E-state index in [9.17, 15) is 19.2 Å². The first kappa shape index (κ1) is 19.6. The molecule has 0 bridgehead atoms.